The van der Waals surface area contributed by atoms with Crippen LogP contribution < -0.4 is 42.5 Å². The van der Waals surface area contributed by atoms with E-state index in [-0.39, 0.29) is 0 Å². The lowest BCUT2D eigenvalue weighted by Gasteiger charge is -2.30. The Morgan fingerprint density at radius 3 is 1.25 bits per heavy atom. The van der Waals surface area contributed by atoms with E-state index in [1.165, 1.54) is 31.8 Å². The molecule has 0 saturated carbocycles. The van der Waals surface area contributed by atoms with Gasteiger partial charge in [0.1, 0.15) is 0 Å². The number of pyridine rings is 2. The minimum Gasteiger partial charge on any atom is -0.354 e. The third-order valence-corrected chi connectivity index (χ3v) is 13.9. The largest absolute Gasteiger partial charge is 0.354 e. The molecule has 1 aliphatic rings. The van der Waals surface area contributed by atoms with Crippen molar-refractivity contribution in [3.05, 3.63) is 170 Å². The van der Waals surface area contributed by atoms with Crippen LogP contribution in [-0.4, -0.2) is 9.97 Å². The monoisotopic (exact) mass is 652 g/mol. The van der Waals surface area contributed by atoms with Gasteiger partial charge in [-0.15, -0.1) is 0 Å². The number of fused-ring (bicyclic) bond motifs is 6. The summed E-state index contributed by atoms with van der Waals surface area (Å²) in [6, 6.07) is 57.0. The van der Waals surface area contributed by atoms with Crippen LogP contribution in [0, 0.1) is 0 Å². The molecule has 4 nitrogen and oxygen atoms in total. The highest BCUT2D eigenvalue weighted by Crippen LogP contribution is 2.44. The van der Waals surface area contributed by atoms with Gasteiger partial charge in [-0.2, -0.15) is 0 Å². The van der Waals surface area contributed by atoms with Gasteiger partial charge in [0.05, 0.1) is 11.0 Å². The highest BCUT2D eigenvalue weighted by Gasteiger charge is 2.28. The second kappa shape index (κ2) is 12.3. The van der Waals surface area contributed by atoms with E-state index in [1.807, 2.05) is 24.5 Å². The average Bonchev–Trinajstić information content (AvgIpc) is 3.14. The normalized spacial score (nSPS) is 15.4. The van der Waals surface area contributed by atoms with Crippen LogP contribution in [0.25, 0.3) is 21.8 Å². The van der Waals surface area contributed by atoms with Gasteiger partial charge in [-0.05, 0) is 75.0 Å². The van der Waals surface area contributed by atoms with Crippen molar-refractivity contribution in [1.82, 2.24) is 9.97 Å². The predicted molar refractivity (Wildman–Crippen MR) is 207 cm³/mol. The molecule has 1 aliphatic heterocycles. The van der Waals surface area contributed by atoms with Gasteiger partial charge in [0.25, 0.3) is 0 Å². The molecule has 3 heterocycles. The molecule has 9 rings (SSSR count). The molecule has 0 bridgehead atoms. The second-order valence-electron chi connectivity index (χ2n) is 11.8. The van der Waals surface area contributed by atoms with Crippen molar-refractivity contribution in [2.24, 2.45) is 0 Å². The first-order chi connectivity index (χ1) is 23.8. The van der Waals surface area contributed by atoms with Crippen LogP contribution >= 0.6 is 15.8 Å². The molecule has 0 aliphatic carbocycles. The summed E-state index contributed by atoms with van der Waals surface area (Å²) in [6.07, 6.45) is 3.75. The van der Waals surface area contributed by atoms with E-state index in [2.05, 4.69) is 156 Å². The first-order valence-corrected chi connectivity index (χ1v) is 18.7. The van der Waals surface area contributed by atoms with Crippen LogP contribution in [0.2, 0.25) is 0 Å². The summed E-state index contributed by atoms with van der Waals surface area (Å²) in [5.41, 5.74) is 6.26. The van der Waals surface area contributed by atoms with Gasteiger partial charge in [-0.25, -0.2) is 0 Å². The summed E-state index contributed by atoms with van der Waals surface area (Å²) < 4.78 is 0. The number of anilines is 4. The molecule has 6 heteroatoms. The summed E-state index contributed by atoms with van der Waals surface area (Å²) in [5.74, 6) is 0. The first-order valence-electron chi connectivity index (χ1n) is 16.0. The van der Waals surface area contributed by atoms with Crippen molar-refractivity contribution >= 4 is 92.2 Å². The molecule has 0 saturated heterocycles. The number of para-hydroxylation sites is 2. The molecule has 2 N–H and O–H groups in total. The van der Waals surface area contributed by atoms with Crippen molar-refractivity contribution in [1.29, 1.82) is 0 Å². The fraction of sp³-hybridized carbons (Fsp3) is 0. The lowest BCUT2D eigenvalue weighted by Crippen LogP contribution is -2.28. The van der Waals surface area contributed by atoms with Crippen LogP contribution in [0.4, 0.5) is 22.7 Å². The van der Waals surface area contributed by atoms with Crippen molar-refractivity contribution in [2.75, 3.05) is 10.6 Å². The fourth-order valence-electron chi connectivity index (χ4n) is 6.60. The summed E-state index contributed by atoms with van der Waals surface area (Å²) >= 11 is 0. The Bertz CT molecular complexity index is 2260. The molecule has 6 aromatic carbocycles. The predicted octanol–water partition coefficient (Wildman–Crippen LogP) is 8.10. The summed E-state index contributed by atoms with van der Waals surface area (Å²) in [7, 11) is -1.99. The Labute approximate surface area is 282 Å². The van der Waals surface area contributed by atoms with Gasteiger partial charge in [0, 0.05) is 67.1 Å². The average molecular weight is 653 g/mol. The van der Waals surface area contributed by atoms with Crippen molar-refractivity contribution in [3.8, 4) is 0 Å². The zero-order valence-electron chi connectivity index (χ0n) is 26.0. The van der Waals surface area contributed by atoms with Gasteiger partial charge in [-0.1, -0.05) is 109 Å². The Hall–Kier alpha value is -5.40. The van der Waals surface area contributed by atoms with E-state index in [9.17, 15) is 0 Å². The van der Waals surface area contributed by atoms with Crippen LogP contribution in [-0.2, 0) is 0 Å². The van der Waals surface area contributed by atoms with E-state index in [0.29, 0.717) is 0 Å². The molecule has 2 atom stereocenters. The van der Waals surface area contributed by atoms with Crippen LogP contribution in [0.5, 0.6) is 0 Å². The summed E-state index contributed by atoms with van der Waals surface area (Å²) in [6.45, 7) is 0. The Morgan fingerprint density at radius 1 is 0.354 bits per heavy atom. The number of rotatable bonds is 2. The number of nitrogens with one attached hydrogen (secondary N) is 2. The molecule has 2 unspecified atom stereocenters. The van der Waals surface area contributed by atoms with Gasteiger partial charge in [-0.3, -0.25) is 9.97 Å². The number of nitrogens with zero attached hydrogens (tertiary/aromatic N) is 2. The minimum atomic E-state index is -0.996. The maximum absolute atomic E-state index is 4.81. The number of benzene rings is 6. The van der Waals surface area contributed by atoms with Gasteiger partial charge in [0.15, 0.2) is 0 Å². The third-order valence-electron chi connectivity index (χ3n) is 8.78. The zero-order valence-corrected chi connectivity index (χ0v) is 27.7. The minimum absolute atomic E-state index is 0.960. The van der Waals surface area contributed by atoms with Gasteiger partial charge < -0.3 is 10.6 Å². The van der Waals surface area contributed by atoms with E-state index < -0.39 is 15.8 Å². The lowest BCUT2D eigenvalue weighted by molar-refractivity contribution is 1.41. The molecule has 8 aromatic rings. The molecule has 0 fully saturated rings. The Kier molecular flexibility index (Phi) is 7.39. The molecule has 2 aromatic heterocycles. The Morgan fingerprint density at radius 2 is 0.771 bits per heavy atom. The maximum atomic E-state index is 4.81. The standard InChI is InChI=1S/C42H30N4P2/c1-3-15-31(16-4-1)47-39-21-9-7-19-33(39)45-34-20-8-10-22-40(34)48(32-17-5-2-6-18-32)42-26-30-14-12-24-44-36(30)28-38(42)46-37-27-35-29(25-41(37)47)13-11-23-43-35/h1-28,45-46H. The van der Waals surface area contributed by atoms with Crippen molar-refractivity contribution in [3.63, 3.8) is 0 Å². The highest BCUT2D eigenvalue weighted by atomic mass is 31.1. The highest BCUT2D eigenvalue weighted by molar-refractivity contribution is 7.81. The molecule has 228 valence electrons. The smallest absolute Gasteiger partial charge is 0.0723 e. The Balaban J connectivity index is 1.41. The van der Waals surface area contributed by atoms with Crippen LogP contribution in [0.15, 0.2) is 170 Å². The summed E-state index contributed by atoms with van der Waals surface area (Å²) in [5, 5.41) is 17.9. The van der Waals surface area contributed by atoms with E-state index in [0.717, 1.165) is 44.6 Å². The molecule has 0 radical (unpaired) electrons. The molecule has 0 amide bonds. The number of hydrogen-bond acceptors (Lipinski definition) is 4. The number of aromatic nitrogens is 2. The topological polar surface area (TPSA) is 49.8 Å². The maximum Gasteiger partial charge on any atom is 0.0723 e. The fourth-order valence-corrected chi connectivity index (χ4v) is 11.6. The van der Waals surface area contributed by atoms with E-state index in [1.54, 1.807) is 0 Å². The quantitative estimate of drug-likeness (QED) is 0.185. The van der Waals surface area contributed by atoms with Gasteiger partial charge >= 0.3 is 0 Å². The zero-order chi connectivity index (χ0) is 31.9. The number of hydrogen-bond donors (Lipinski definition) is 2. The van der Waals surface area contributed by atoms with Gasteiger partial charge in [0.2, 0.25) is 0 Å². The van der Waals surface area contributed by atoms with Crippen LogP contribution in [0.1, 0.15) is 0 Å². The van der Waals surface area contributed by atoms with E-state index in [4.69, 9.17) is 9.97 Å². The summed E-state index contributed by atoms with van der Waals surface area (Å²) in [4.78, 5) is 9.61. The molecule has 48 heavy (non-hydrogen) atoms. The SMILES string of the molecule is c1ccc(P2c3ccccc3Nc3ccccc3P(c3ccccc3)c3cc4cccnc4cc3Nc3cc4ncccc4cc32)cc1. The third kappa shape index (κ3) is 5.20. The van der Waals surface area contributed by atoms with Crippen molar-refractivity contribution in [2.45, 2.75) is 0 Å². The lowest BCUT2D eigenvalue weighted by atomic mass is 10.1. The molecular weight excluding hydrogens is 622 g/mol. The molecule has 0 spiro atoms. The van der Waals surface area contributed by atoms with Crippen LogP contribution in [0.3, 0.4) is 0 Å². The van der Waals surface area contributed by atoms with E-state index >= 15 is 0 Å². The first kappa shape index (κ1) is 28.8. The van der Waals surface area contributed by atoms with Crippen molar-refractivity contribution < 1.29 is 0 Å². The molecular formula is C42H30N4P2. The second-order valence-corrected chi connectivity index (χ2v) is 16.1.